The zero-order valence-electron chi connectivity index (χ0n) is 16.2. The second-order valence-electron chi connectivity index (χ2n) is 7.38. The van der Waals surface area contributed by atoms with Crippen molar-refractivity contribution in [1.29, 1.82) is 0 Å². The SMILES string of the molecule is CC1COCCN1c1cc(-c2cncc3[nH]ccc23)nc2c1ccn2S(C)(=O)=O. The molecule has 1 fully saturated rings. The summed E-state index contributed by atoms with van der Waals surface area (Å²) in [5.74, 6) is 0. The molecule has 5 heterocycles. The summed E-state index contributed by atoms with van der Waals surface area (Å²) in [5.41, 5.74) is 3.83. The summed E-state index contributed by atoms with van der Waals surface area (Å²) in [6, 6.07) is 6.00. The van der Waals surface area contributed by atoms with Crippen LogP contribution in [0, 0.1) is 0 Å². The molecule has 0 bridgehead atoms. The van der Waals surface area contributed by atoms with E-state index in [1.165, 1.54) is 10.2 Å². The van der Waals surface area contributed by atoms with Crippen LogP contribution >= 0.6 is 0 Å². The fourth-order valence-electron chi connectivity index (χ4n) is 3.98. The minimum absolute atomic E-state index is 0.171. The second kappa shape index (κ2) is 6.57. The third-order valence-corrected chi connectivity index (χ3v) is 6.40. The number of H-pyrrole nitrogens is 1. The monoisotopic (exact) mass is 411 g/mol. The lowest BCUT2D eigenvalue weighted by Crippen LogP contribution is -2.43. The number of hydrogen-bond acceptors (Lipinski definition) is 6. The van der Waals surface area contributed by atoms with Gasteiger partial charge in [0, 0.05) is 47.5 Å². The molecule has 9 heteroatoms. The number of aromatic nitrogens is 4. The molecule has 0 spiro atoms. The van der Waals surface area contributed by atoms with Crippen molar-refractivity contribution in [2.24, 2.45) is 0 Å². The highest BCUT2D eigenvalue weighted by molar-refractivity contribution is 7.89. The van der Waals surface area contributed by atoms with Crippen LogP contribution in [0.25, 0.3) is 33.2 Å². The Kier molecular flexibility index (Phi) is 4.11. The lowest BCUT2D eigenvalue weighted by atomic mass is 10.1. The fourth-order valence-corrected chi connectivity index (χ4v) is 4.72. The molecule has 1 N–H and O–H groups in total. The van der Waals surface area contributed by atoms with E-state index in [0.717, 1.165) is 34.1 Å². The van der Waals surface area contributed by atoms with Gasteiger partial charge < -0.3 is 14.6 Å². The van der Waals surface area contributed by atoms with Gasteiger partial charge >= 0.3 is 0 Å². The Bertz CT molecular complexity index is 1320. The van der Waals surface area contributed by atoms with Gasteiger partial charge in [0.15, 0.2) is 5.65 Å². The zero-order valence-corrected chi connectivity index (χ0v) is 17.0. The van der Waals surface area contributed by atoms with Crippen molar-refractivity contribution >= 4 is 37.6 Å². The molecule has 1 unspecified atom stereocenters. The number of pyridine rings is 2. The van der Waals surface area contributed by atoms with Crippen LogP contribution < -0.4 is 4.90 Å². The maximum atomic E-state index is 12.4. The van der Waals surface area contributed by atoms with E-state index in [4.69, 9.17) is 9.72 Å². The first-order valence-corrected chi connectivity index (χ1v) is 11.3. The maximum Gasteiger partial charge on any atom is 0.237 e. The third-order valence-electron chi connectivity index (χ3n) is 5.39. The van der Waals surface area contributed by atoms with E-state index in [1.807, 2.05) is 24.4 Å². The molecule has 150 valence electrons. The van der Waals surface area contributed by atoms with E-state index >= 15 is 0 Å². The molecule has 4 aromatic rings. The summed E-state index contributed by atoms with van der Waals surface area (Å²) in [4.78, 5) is 14.5. The van der Waals surface area contributed by atoms with E-state index in [2.05, 4.69) is 21.8 Å². The molecule has 29 heavy (non-hydrogen) atoms. The van der Waals surface area contributed by atoms with Crippen LogP contribution in [0.1, 0.15) is 6.92 Å². The van der Waals surface area contributed by atoms with Gasteiger partial charge in [-0.3, -0.25) is 4.98 Å². The van der Waals surface area contributed by atoms with Gasteiger partial charge in [0.1, 0.15) is 0 Å². The topological polar surface area (TPSA) is 93.1 Å². The lowest BCUT2D eigenvalue weighted by Gasteiger charge is -2.35. The fraction of sp³-hybridized carbons (Fsp3) is 0.300. The Morgan fingerprint density at radius 1 is 1.24 bits per heavy atom. The van der Waals surface area contributed by atoms with Crippen molar-refractivity contribution in [3.63, 3.8) is 0 Å². The molecule has 0 amide bonds. The number of aromatic amines is 1. The molecular formula is C20H21N5O3S. The summed E-state index contributed by atoms with van der Waals surface area (Å²) in [6.07, 6.45) is 8.15. The van der Waals surface area contributed by atoms with E-state index in [-0.39, 0.29) is 6.04 Å². The standard InChI is InChI=1S/C20H21N5O3S/c1-13-12-28-8-7-24(13)19-9-17(16-10-21-11-18-14(16)3-5-22-18)23-20-15(19)4-6-25(20)29(2,26)27/h3-6,9-11,13,22H,7-8,12H2,1-2H3. The molecule has 0 aliphatic carbocycles. The van der Waals surface area contributed by atoms with Crippen LogP contribution in [-0.4, -0.2) is 59.4 Å². The molecule has 1 aliphatic heterocycles. The largest absolute Gasteiger partial charge is 0.377 e. The van der Waals surface area contributed by atoms with E-state index in [1.54, 1.807) is 18.6 Å². The number of nitrogens with one attached hydrogen (secondary N) is 1. The Balaban J connectivity index is 1.82. The van der Waals surface area contributed by atoms with Crippen molar-refractivity contribution in [3.8, 4) is 11.3 Å². The Morgan fingerprint density at radius 3 is 2.90 bits per heavy atom. The molecule has 1 atom stereocenters. The normalized spacial score (nSPS) is 18.0. The number of hydrogen-bond donors (Lipinski definition) is 1. The molecule has 1 aliphatic rings. The molecule has 0 radical (unpaired) electrons. The van der Waals surface area contributed by atoms with Crippen molar-refractivity contribution in [3.05, 3.63) is 43.0 Å². The molecule has 1 saturated heterocycles. The molecular weight excluding hydrogens is 390 g/mol. The van der Waals surface area contributed by atoms with Crippen LogP contribution in [0.15, 0.2) is 43.0 Å². The van der Waals surface area contributed by atoms with Crippen molar-refractivity contribution < 1.29 is 13.2 Å². The molecule has 0 saturated carbocycles. The van der Waals surface area contributed by atoms with Crippen LogP contribution in [0.4, 0.5) is 5.69 Å². The predicted octanol–water partition coefficient (Wildman–Crippen LogP) is 2.61. The van der Waals surface area contributed by atoms with Gasteiger partial charge in [-0.2, -0.15) is 0 Å². The van der Waals surface area contributed by atoms with Crippen LogP contribution in [0.5, 0.6) is 0 Å². The average molecular weight is 411 g/mol. The number of morpholine rings is 1. The molecule has 4 aromatic heterocycles. The van der Waals surface area contributed by atoms with E-state index in [9.17, 15) is 8.42 Å². The van der Waals surface area contributed by atoms with Crippen molar-refractivity contribution in [1.82, 2.24) is 18.9 Å². The van der Waals surface area contributed by atoms with Gasteiger partial charge in [-0.25, -0.2) is 17.4 Å². The minimum Gasteiger partial charge on any atom is -0.377 e. The van der Waals surface area contributed by atoms with Crippen molar-refractivity contribution in [2.75, 3.05) is 30.9 Å². The molecule has 0 aromatic carbocycles. The van der Waals surface area contributed by atoms with E-state index in [0.29, 0.717) is 24.6 Å². The lowest BCUT2D eigenvalue weighted by molar-refractivity contribution is 0.0991. The summed E-state index contributed by atoms with van der Waals surface area (Å²) >= 11 is 0. The Hall–Kier alpha value is -2.91. The van der Waals surface area contributed by atoms with Gasteiger partial charge in [-0.05, 0) is 25.1 Å². The highest BCUT2D eigenvalue weighted by Crippen LogP contribution is 2.35. The first kappa shape index (κ1) is 18.1. The Labute approximate surface area is 168 Å². The van der Waals surface area contributed by atoms with Gasteiger partial charge in [0.25, 0.3) is 0 Å². The average Bonchev–Trinajstić information content (AvgIpc) is 3.34. The number of rotatable bonds is 3. The number of fused-ring (bicyclic) bond motifs is 2. The molecule has 8 nitrogen and oxygen atoms in total. The maximum absolute atomic E-state index is 12.4. The number of nitrogens with zero attached hydrogens (tertiary/aromatic N) is 4. The number of ether oxygens (including phenoxy) is 1. The second-order valence-corrected chi connectivity index (χ2v) is 9.24. The highest BCUT2D eigenvalue weighted by atomic mass is 32.2. The third kappa shape index (κ3) is 2.97. The summed E-state index contributed by atoms with van der Waals surface area (Å²) < 4.78 is 31.5. The van der Waals surface area contributed by atoms with Crippen LogP contribution in [-0.2, 0) is 14.8 Å². The van der Waals surface area contributed by atoms with Gasteiger partial charge in [0.05, 0.1) is 42.6 Å². The highest BCUT2D eigenvalue weighted by Gasteiger charge is 2.25. The smallest absolute Gasteiger partial charge is 0.237 e. The Morgan fingerprint density at radius 2 is 2.10 bits per heavy atom. The first-order chi connectivity index (χ1) is 13.9. The minimum atomic E-state index is -3.49. The van der Waals surface area contributed by atoms with Gasteiger partial charge in [0.2, 0.25) is 10.0 Å². The predicted molar refractivity (Wildman–Crippen MR) is 113 cm³/mol. The summed E-state index contributed by atoms with van der Waals surface area (Å²) in [6.45, 7) is 4.09. The van der Waals surface area contributed by atoms with Crippen LogP contribution in [0.2, 0.25) is 0 Å². The van der Waals surface area contributed by atoms with Crippen molar-refractivity contribution in [2.45, 2.75) is 13.0 Å². The molecule has 5 rings (SSSR count). The quantitative estimate of drug-likeness (QED) is 0.557. The summed E-state index contributed by atoms with van der Waals surface area (Å²) in [5, 5.41) is 1.80. The van der Waals surface area contributed by atoms with Gasteiger partial charge in [-0.15, -0.1) is 0 Å². The number of anilines is 1. The van der Waals surface area contributed by atoms with E-state index < -0.39 is 10.0 Å². The van der Waals surface area contributed by atoms with Crippen LogP contribution in [0.3, 0.4) is 0 Å². The zero-order chi connectivity index (χ0) is 20.2. The van der Waals surface area contributed by atoms with Gasteiger partial charge in [-0.1, -0.05) is 0 Å². The first-order valence-electron chi connectivity index (χ1n) is 9.42. The summed E-state index contributed by atoms with van der Waals surface area (Å²) in [7, 11) is -3.49.